The van der Waals surface area contributed by atoms with Crippen LogP contribution in [-0.4, -0.2) is 144 Å². The van der Waals surface area contributed by atoms with Crippen molar-refractivity contribution >= 4 is 82.1 Å². The molecule has 0 radical (unpaired) electrons. The molecule has 350 valence electrons. The smallest absolute Gasteiger partial charge is 0.326 e. The second-order valence-corrected chi connectivity index (χ2v) is 14.5. The zero-order valence-corrected chi connectivity index (χ0v) is 34.3. The summed E-state index contributed by atoms with van der Waals surface area (Å²) in [6.07, 6.45) is -5.24. The second-order valence-electron chi connectivity index (χ2n) is 14.5. The highest BCUT2D eigenvalue weighted by atomic mass is 16.4. The van der Waals surface area contributed by atoms with Crippen LogP contribution in [0.3, 0.4) is 0 Å². The highest BCUT2D eigenvalue weighted by Crippen LogP contribution is 2.19. The van der Waals surface area contributed by atoms with Crippen LogP contribution in [0.25, 0.3) is 10.9 Å². The topological polar surface area (TPSA) is 446 Å². The second kappa shape index (κ2) is 25.3. The van der Waals surface area contributed by atoms with Gasteiger partial charge >= 0.3 is 29.8 Å². The molecule has 1 aromatic heterocycles. The molecule has 0 aliphatic carbocycles. The Morgan fingerprint density at radius 1 is 0.531 bits per heavy atom. The number of amides is 7. The zero-order valence-electron chi connectivity index (χ0n) is 34.3. The molecule has 0 spiro atoms. The molecule has 2 aromatic rings. The number of hydrogen-bond donors (Lipinski definition) is 14. The van der Waals surface area contributed by atoms with Gasteiger partial charge in [-0.25, -0.2) is 4.79 Å². The third kappa shape index (κ3) is 18.1. The van der Waals surface area contributed by atoms with Crippen molar-refractivity contribution in [3.8, 4) is 0 Å². The molecule has 26 heteroatoms. The number of carbonyl (C=O) groups excluding carboxylic acids is 7. The van der Waals surface area contributed by atoms with Gasteiger partial charge in [-0.3, -0.25) is 52.7 Å². The quantitative estimate of drug-likeness (QED) is 0.0375. The lowest BCUT2D eigenvalue weighted by Gasteiger charge is -2.27. The molecule has 1 aromatic carbocycles. The molecular formula is C38H51N9O17. The molecule has 16 N–H and O–H groups in total. The van der Waals surface area contributed by atoms with Gasteiger partial charge in [0.05, 0.1) is 12.5 Å². The lowest BCUT2D eigenvalue weighted by Crippen LogP contribution is -2.60. The van der Waals surface area contributed by atoms with Gasteiger partial charge in [0.15, 0.2) is 0 Å². The molecule has 0 unspecified atom stereocenters. The third-order valence-corrected chi connectivity index (χ3v) is 9.29. The summed E-state index contributed by atoms with van der Waals surface area (Å²) in [6.45, 7) is 1.26. The van der Waals surface area contributed by atoms with Crippen molar-refractivity contribution in [2.45, 2.75) is 113 Å². The fourth-order valence-electron chi connectivity index (χ4n) is 5.93. The Bertz CT molecular complexity index is 2090. The molecule has 2 rings (SSSR count). The number of aliphatic carboxylic acids is 5. The number of carbonyl (C=O) groups is 12. The Kier molecular flexibility index (Phi) is 20.8. The van der Waals surface area contributed by atoms with Crippen LogP contribution >= 0.6 is 0 Å². The molecule has 0 saturated carbocycles. The van der Waals surface area contributed by atoms with Crippen molar-refractivity contribution in [2.24, 2.45) is 11.5 Å². The first-order valence-electron chi connectivity index (χ1n) is 19.5. The SMILES string of the molecule is C[C@H](N)C(=O)N[C@@H](CCC(N)=O)C(=O)N[C@@H](CC(=O)O)C(=O)N[C@@H](CCC(=O)O)C(=O)N[C@@H](CCC(=O)O)C(=O)N[C@@H](CCC(=O)O)C(=O)N[C@@H](Cc1c[nH]c2ccccc12)C(=O)O. The van der Waals surface area contributed by atoms with Crippen LogP contribution in [0, 0.1) is 0 Å². The summed E-state index contributed by atoms with van der Waals surface area (Å²) in [7, 11) is 0. The number of aromatic nitrogens is 1. The van der Waals surface area contributed by atoms with Crippen molar-refractivity contribution in [1.82, 2.24) is 36.9 Å². The highest BCUT2D eigenvalue weighted by molar-refractivity contribution is 5.98. The van der Waals surface area contributed by atoms with E-state index in [1.807, 2.05) is 0 Å². The van der Waals surface area contributed by atoms with Crippen LogP contribution in [0.1, 0.15) is 70.3 Å². The van der Waals surface area contributed by atoms with Crippen molar-refractivity contribution in [3.63, 3.8) is 0 Å². The van der Waals surface area contributed by atoms with Gasteiger partial charge in [0.2, 0.25) is 41.4 Å². The van der Waals surface area contributed by atoms with Gasteiger partial charge in [0.1, 0.15) is 36.3 Å². The molecule has 64 heavy (non-hydrogen) atoms. The number of nitrogens with two attached hydrogens (primary N) is 2. The number of rotatable bonds is 29. The molecule has 0 bridgehead atoms. The van der Waals surface area contributed by atoms with Crippen LogP contribution < -0.4 is 43.4 Å². The van der Waals surface area contributed by atoms with Crippen molar-refractivity contribution in [3.05, 3.63) is 36.0 Å². The molecule has 0 aliphatic rings. The molecule has 1 heterocycles. The Morgan fingerprint density at radius 3 is 1.30 bits per heavy atom. The average Bonchev–Trinajstić information content (AvgIpc) is 3.61. The Hall–Kier alpha value is -7.64. The van der Waals surface area contributed by atoms with Crippen molar-refractivity contribution in [1.29, 1.82) is 0 Å². The normalized spacial score (nSPS) is 14.2. The molecular weight excluding hydrogens is 854 g/mol. The summed E-state index contributed by atoms with van der Waals surface area (Å²) in [4.78, 5) is 153. The fraction of sp³-hybridized carbons (Fsp3) is 0.474. The summed E-state index contributed by atoms with van der Waals surface area (Å²) in [5.74, 6) is -15.7. The van der Waals surface area contributed by atoms with Crippen LogP contribution in [0.15, 0.2) is 30.5 Å². The molecule has 0 aliphatic heterocycles. The number of hydrogen-bond acceptors (Lipinski definition) is 13. The Balaban J connectivity index is 2.39. The maximum atomic E-state index is 13.7. The van der Waals surface area contributed by atoms with E-state index in [1.54, 1.807) is 24.3 Å². The van der Waals surface area contributed by atoms with Crippen molar-refractivity contribution in [2.75, 3.05) is 0 Å². The largest absolute Gasteiger partial charge is 0.481 e. The first-order chi connectivity index (χ1) is 30.0. The number of nitrogens with one attached hydrogen (secondary N) is 7. The zero-order chi connectivity index (χ0) is 48.3. The number of H-pyrrole nitrogens is 1. The minimum Gasteiger partial charge on any atom is -0.481 e. The van der Waals surface area contributed by atoms with Gasteiger partial charge in [0, 0.05) is 49.2 Å². The lowest BCUT2D eigenvalue weighted by atomic mass is 10.0. The van der Waals surface area contributed by atoms with Crippen molar-refractivity contribution < 1.29 is 83.1 Å². The Labute approximate surface area is 362 Å². The van der Waals surface area contributed by atoms with E-state index >= 15 is 0 Å². The van der Waals surface area contributed by atoms with Gasteiger partial charge in [-0.15, -0.1) is 0 Å². The minimum atomic E-state index is -2.03. The lowest BCUT2D eigenvalue weighted by molar-refractivity contribution is -0.143. The van der Waals surface area contributed by atoms with E-state index in [9.17, 15) is 83.1 Å². The molecule has 26 nitrogen and oxygen atoms in total. The van der Waals surface area contributed by atoms with E-state index in [2.05, 4.69) is 36.9 Å². The maximum absolute atomic E-state index is 13.7. The van der Waals surface area contributed by atoms with E-state index in [4.69, 9.17) is 11.5 Å². The van der Waals surface area contributed by atoms with Gasteiger partial charge in [-0.2, -0.15) is 0 Å². The standard InChI is InChI=1S/C38H51N9O17/c1-17(39)32(57)42-21(6-10-27(40)48)35(60)46-25(15-31(55)56)37(62)45-23(8-12-29(51)52)34(59)43-22(7-11-28(49)50)33(58)44-24(9-13-30(53)54)36(61)47-26(38(63)64)14-18-16-41-20-5-3-2-4-19(18)20/h2-5,16-17,21-26,41H,6-15,39H2,1H3,(H2,40,48)(H,42,57)(H,43,59)(H,44,58)(H,45,62)(H,46,60)(H,47,61)(H,49,50)(H,51,52)(H,53,54)(H,55,56)(H,63,64)/t17-,21-,22-,23-,24-,25-,26-/m0/s1. The minimum absolute atomic E-state index is 0.261. The van der Waals surface area contributed by atoms with Crippen LogP contribution in [0.4, 0.5) is 0 Å². The number of aromatic amines is 1. The summed E-state index contributed by atoms with van der Waals surface area (Å²) < 4.78 is 0. The molecule has 0 saturated heterocycles. The number of carboxylic acid groups (broad SMARTS) is 5. The summed E-state index contributed by atoms with van der Waals surface area (Å²) in [6, 6.07) is -5.14. The number of para-hydroxylation sites is 1. The predicted octanol–water partition coefficient (Wildman–Crippen LogP) is -3.61. The van der Waals surface area contributed by atoms with E-state index in [-0.39, 0.29) is 6.42 Å². The summed E-state index contributed by atoms with van der Waals surface area (Å²) >= 11 is 0. The summed E-state index contributed by atoms with van der Waals surface area (Å²) in [5, 5.41) is 61.1. The van der Waals surface area contributed by atoms with E-state index in [1.165, 1.54) is 13.1 Å². The average molecular weight is 906 g/mol. The summed E-state index contributed by atoms with van der Waals surface area (Å²) in [5.41, 5.74) is 11.8. The first-order valence-corrected chi connectivity index (χ1v) is 19.5. The monoisotopic (exact) mass is 905 g/mol. The highest BCUT2D eigenvalue weighted by Gasteiger charge is 2.35. The van der Waals surface area contributed by atoms with E-state index in [0.29, 0.717) is 16.5 Å². The van der Waals surface area contributed by atoms with Crippen LogP contribution in [0.2, 0.25) is 0 Å². The fourth-order valence-corrected chi connectivity index (χ4v) is 5.93. The van der Waals surface area contributed by atoms with Gasteiger partial charge in [-0.05, 0) is 44.2 Å². The van der Waals surface area contributed by atoms with E-state index < -0.39 is 171 Å². The molecule has 0 fully saturated rings. The van der Waals surface area contributed by atoms with Crippen LogP contribution in [0.5, 0.6) is 0 Å². The molecule has 7 amide bonds. The van der Waals surface area contributed by atoms with Crippen LogP contribution in [-0.2, 0) is 64.0 Å². The van der Waals surface area contributed by atoms with Gasteiger partial charge in [-0.1, -0.05) is 18.2 Å². The maximum Gasteiger partial charge on any atom is 0.326 e. The number of benzene rings is 1. The molecule has 7 atom stereocenters. The number of primary amides is 1. The number of carboxylic acids is 5. The third-order valence-electron chi connectivity index (χ3n) is 9.29. The first kappa shape index (κ1) is 52.5. The van der Waals surface area contributed by atoms with Gasteiger partial charge < -0.3 is 73.9 Å². The van der Waals surface area contributed by atoms with Gasteiger partial charge in [0.25, 0.3) is 0 Å². The predicted molar refractivity (Wildman–Crippen MR) is 216 cm³/mol. The Morgan fingerprint density at radius 2 is 0.906 bits per heavy atom. The number of fused-ring (bicyclic) bond motifs is 1. The van der Waals surface area contributed by atoms with E-state index in [0.717, 1.165) is 0 Å².